The van der Waals surface area contributed by atoms with Crippen LogP contribution in [0.15, 0.2) is 49.1 Å². The summed E-state index contributed by atoms with van der Waals surface area (Å²) < 4.78 is 34.2. The Hall–Kier alpha value is -3.49. The molecule has 0 spiro atoms. The molecule has 0 saturated carbocycles. The minimum absolute atomic E-state index is 0.0192. The van der Waals surface area contributed by atoms with Crippen LogP contribution in [0.2, 0.25) is 0 Å². The molecule has 0 aliphatic carbocycles. The molecule has 3 heterocycles. The van der Waals surface area contributed by atoms with Crippen LogP contribution in [0, 0.1) is 11.6 Å². The Morgan fingerprint density at radius 1 is 1.13 bits per heavy atom. The standard InChI is InChI=1S/C21H19F2N5O2/c1-21(15-5-2-6-16(23)18(15)19-24-8-4-9-25-19)17(7-3-10-28(21)13-29)30-20-26-11-14(22)12-27-20/h2,4-6,8-9,11-13,17H,3,7,10H2,1H3/t17-,21+/m1/s1. The summed E-state index contributed by atoms with van der Waals surface area (Å²) >= 11 is 0. The Kier molecular flexibility index (Phi) is 5.35. The minimum Gasteiger partial charge on any atom is -0.457 e. The van der Waals surface area contributed by atoms with Gasteiger partial charge in [-0.2, -0.15) is 0 Å². The second-order valence-corrected chi connectivity index (χ2v) is 7.11. The van der Waals surface area contributed by atoms with Crippen molar-refractivity contribution in [3.63, 3.8) is 0 Å². The molecule has 0 bridgehead atoms. The molecule has 7 nitrogen and oxygen atoms in total. The number of aromatic nitrogens is 4. The number of piperidine rings is 1. The molecule has 9 heteroatoms. The fourth-order valence-electron chi connectivity index (χ4n) is 3.90. The van der Waals surface area contributed by atoms with Gasteiger partial charge in [0.2, 0.25) is 6.41 Å². The van der Waals surface area contributed by atoms with Crippen molar-refractivity contribution in [2.75, 3.05) is 6.54 Å². The van der Waals surface area contributed by atoms with Gasteiger partial charge in [-0.15, -0.1) is 0 Å². The highest BCUT2D eigenvalue weighted by Crippen LogP contribution is 2.43. The number of hydrogen-bond donors (Lipinski definition) is 0. The lowest BCUT2D eigenvalue weighted by Gasteiger charge is -2.48. The number of benzene rings is 1. The van der Waals surface area contributed by atoms with E-state index in [1.165, 1.54) is 18.5 Å². The van der Waals surface area contributed by atoms with Crippen molar-refractivity contribution in [2.24, 2.45) is 0 Å². The lowest BCUT2D eigenvalue weighted by molar-refractivity contribution is -0.133. The zero-order chi connectivity index (χ0) is 21.1. The maximum absolute atomic E-state index is 15.0. The van der Waals surface area contributed by atoms with Gasteiger partial charge < -0.3 is 9.64 Å². The van der Waals surface area contributed by atoms with Crippen LogP contribution in [-0.4, -0.2) is 43.9 Å². The van der Waals surface area contributed by atoms with Crippen molar-refractivity contribution in [3.8, 4) is 17.4 Å². The molecule has 0 radical (unpaired) electrons. The highest BCUT2D eigenvalue weighted by atomic mass is 19.1. The predicted molar refractivity (Wildman–Crippen MR) is 103 cm³/mol. The van der Waals surface area contributed by atoms with E-state index in [0.717, 1.165) is 18.8 Å². The van der Waals surface area contributed by atoms with E-state index >= 15 is 0 Å². The van der Waals surface area contributed by atoms with Crippen molar-refractivity contribution in [3.05, 3.63) is 66.3 Å². The Bertz CT molecular complexity index is 1040. The van der Waals surface area contributed by atoms with Crippen LogP contribution in [0.25, 0.3) is 11.4 Å². The first-order chi connectivity index (χ1) is 14.5. The number of nitrogens with zero attached hydrogens (tertiary/aromatic N) is 5. The lowest BCUT2D eigenvalue weighted by atomic mass is 9.77. The number of amides is 1. The summed E-state index contributed by atoms with van der Waals surface area (Å²) in [4.78, 5) is 29.7. The summed E-state index contributed by atoms with van der Waals surface area (Å²) in [5.74, 6) is -0.884. The molecule has 4 rings (SSSR count). The zero-order valence-electron chi connectivity index (χ0n) is 16.2. The van der Waals surface area contributed by atoms with Crippen LogP contribution < -0.4 is 4.74 Å². The van der Waals surface area contributed by atoms with E-state index in [1.54, 1.807) is 30.0 Å². The van der Waals surface area contributed by atoms with Gasteiger partial charge in [0.25, 0.3) is 0 Å². The Labute approximate surface area is 171 Å². The first-order valence-corrected chi connectivity index (χ1v) is 9.46. The number of rotatable bonds is 5. The van der Waals surface area contributed by atoms with Crippen LogP contribution in [0.5, 0.6) is 6.01 Å². The maximum Gasteiger partial charge on any atom is 0.316 e. The monoisotopic (exact) mass is 411 g/mol. The van der Waals surface area contributed by atoms with E-state index in [-0.39, 0.29) is 17.4 Å². The third kappa shape index (κ3) is 3.47. The smallest absolute Gasteiger partial charge is 0.316 e. The van der Waals surface area contributed by atoms with Gasteiger partial charge in [-0.05, 0) is 37.5 Å². The molecule has 30 heavy (non-hydrogen) atoms. The summed E-state index contributed by atoms with van der Waals surface area (Å²) in [5.41, 5.74) is -0.357. The van der Waals surface area contributed by atoms with Gasteiger partial charge in [0.1, 0.15) is 17.5 Å². The largest absolute Gasteiger partial charge is 0.457 e. The first kappa shape index (κ1) is 19.8. The van der Waals surface area contributed by atoms with E-state index < -0.39 is 23.3 Å². The molecular weight excluding hydrogens is 392 g/mol. The van der Waals surface area contributed by atoms with Crippen LogP contribution in [0.3, 0.4) is 0 Å². The third-order valence-corrected chi connectivity index (χ3v) is 5.41. The minimum atomic E-state index is -1.06. The van der Waals surface area contributed by atoms with Crippen LogP contribution in [0.1, 0.15) is 25.3 Å². The van der Waals surface area contributed by atoms with Gasteiger partial charge in [0.15, 0.2) is 11.6 Å². The van der Waals surface area contributed by atoms with Gasteiger partial charge in [-0.1, -0.05) is 12.1 Å². The molecule has 2 aromatic heterocycles. The molecule has 1 aliphatic heterocycles. The van der Waals surface area contributed by atoms with Crippen LogP contribution >= 0.6 is 0 Å². The van der Waals surface area contributed by atoms with E-state index in [1.807, 2.05) is 0 Å². The summed E-state index contributed by atoms with van der Waals surface area (Å²) in [5, 5.41) is 0. The zero-order valence-corrected chi connectivity index (χ0v) is 16.2. The van der Waals surface area contributed by atoms with Gasteiger partial charge >= 0.3 is 6.01 Å². The molecule has 1 aliphatic rings. The number of carbonyl (C=O) groups excluding carboxylic acids is 1. The molecule has 2 atom stereocenters. The third-order valence-electron chi connectivity index (χ3n) is 5.41. The fourth-order valence-corrected chi connectivity index (χ4v) is 3.90. The Morgan fingerprint density at radius 2 is 1.87 bits per heavy atom. The molecule has 0 N–H and O–H groups in total. The number of halogens is 2. The van der Waals surface area contributed by atoms with Crippen LogP contribution in [-0.2, 0) is 10.3 Å². The molecule has 1 amide bonds. The molecule has 1 saturated heterocycles. The van der Waals surface area contributed by atoms with Crippen molar-refractivity contribution in [1.82, 2.24) is 24.8 Å². The summed E-state index contributed by atoms with van der Waals surface area (Å²) in [6.07, 6.45) is 6.42. The van der Waals surface area contributed by atoms with Gasteiger partial charge in [-0.25, -0.2) is 28.7 Å². The highest BCUT2D eigenvalue weighted by molar-refractivity contribution is 5.65. The van der Waals surface area contributed by atoms with Crippen molar-refractivity contribution < 1.29 is 18.3 Å². The van der Waals surface area contributed by atoms with Gasteiger partial charge in [0, 0.05) is 18.9 Å². The van der Waals surface area contributed by atoms with Crippen molar-refractivity contribution in [1.29, 1.82) is 0 Å². The normalized spacial score (nSPS) is 21.3. The topological polar surface area (TPSA) is 81.1 Å². The van der Waals surface area contributed by atoms with Gasteiger partial charge in [-0.3, -0.25) is 4.79 Å². The molecule has 1 fully saturated rings. The molecular formula is C21H19F2N5O2. The predicted octanol–water partition coefficient (Wildman–Crippen LogP) is 3.13. The summed E-state index contributed by atoms with van der Waals surface area (Å²) in [6.45, 7) is 2.27. The quantitative estimate of drug-likeness (QED) is 0.600. The first-order valence-electron chi connectivity index (χ1n) is 9.46. The molecule has 3 aromatic rings. The average Bonchev–Trinajstić information content (AvgIpc) is 2.77. The van der Waals surface area contributed by atoms with E-state index in [4.69, 9.17) is 4.74 Å². The van der Waals surface area contributed by atoms with E-state index in [0.29, 0.717) is 24.9 Å². The SMILES string of the molecule is C[C@]1(c2cccc(F)c2-c2ncccn2)[C@H](Oc2ncc(F)cn2)CCCN1C=O. The van der Waals surface area contributed by atoms with Crippen LogP contribution in [0.4, 0.5) is 8.78 Å². The van der Waals surface area contributed by atoms with Gasteiger partial charge in [0.05, 0.1) is 18.0 Å². The number of hydrogen-bond acceptors (Lipinski definition) is 6. The molecule has 0 unspecified atom stereocenters. The number of ether oxygens (including phenoxy) is 1. The fraction of sp³-hybridized carbons (Fsp3) is 0.286. The lowest BCUT2D eigenvalue weighted by Crippen LogP contribution is -2.57. The Morgan fingerprint density at radius 3 is 2.57 bits per heavy atom. The number of carbonyl (C=O) groups is 1. The molecule has 154 valence electrons. The van der Waals surface area contributed by atoms with Crippen molar-refractivity contribution in [2.45, 2.75) is 31.4 Å². The highest BCUT2D eigenvalue weighted by Gasteiger charge is 2.47. The van der Waals surface area contributed by atoms with E-state index in [2.05, 4.69) is 19.9 Å². The second-order valence-electron chi connectivity index (χ2n) is 7.11. The summed E-state index contributed by atoms with van der Waals surface area (Å²) in [7, 11) is 0. The average molecular weight is 411 g/mol. The molecule has 1 aromatic carbocycles. The Balaban J connectivity index is 1.85. The van der Waals surface area contributed by atoms with E-state index in [9.17, 15) is 13.6 Å². The maximum atomic E-state index is 15.0. The van der Waals surface area contributed by atoms with Crippen molar-refractivity contribution >= 4 is 6.41 Å². The summed E-state index contributed by atoms with van der Waals surface area (Å²) in [6, 6.07) is 6.26. The second kappa shape index (κ2) is 8.10. The number of likely N-dealkylation sites (tertiary alicyclic amines) is 1.